The van der Waals surface area contributed by atoms with Gasteiger partial charge in [0.05, 0.1) is 0 Å². The fourth-order valence-electron chi connectivity index (χ4n) is 0.486. The first-order chi connectivity index (χ1) is 4.81. The molecule has 0 aliphatic heterocycles. The lowest BCUT2D eigenvalue weighted by Crippen LogP contribution is -2.23. The van der Waals surface area contributed by atoms with Crippen LogP contribution in [-0.4, -0.2) is 19.0 Å². The molecule has 0 aromatic carbocycles. The van der Waals surface area contributed by atoms with Crippen LogP contribution in [0.3, 0.4) is 0 Å². The monoisotopic (exact) mass is 164 g/mol. The van der Waals surface area contributed by atoms with Gasteiger partial charge in [0.25, 0.3) is 0 Å². The summed E-state index contributed by atoms with van der Waals surface area (Å²) >= 11 is 5.13. The Kier molecular flexibility index (Phi) is 6.32. The van der Waals surface area contributed by atoms with E-state index >= 15 is 0 Å². The maximum Gasteiger partial charge on any atom is 0.203 e. The van der Waals surface area contributed by atoms with Gasteiger partial charge in [-0.2, -0.15) is 0 Å². The van der Waals surface area contributed by atoms with Crippen LogP contribution in [0.1, 0.15) is 12.8 Å². The van der Waals surface area contributed by atoms with Gasteiger partial charge in [-0.05, 0) is 19.4 Å². The summed E-state index contributed by atoms with van der Waals surface area (Å²) in [6, 6.07) is 0. The van der Waals surface area contributed by atoms with Crippen LogP contribution in [0, 0.1) is 0 Å². The molecular weight excluding hydrogens is 152 g/mol. The molecule has 0 rings (SSSR count). The predicted octanol–water partition coefficient (Wildman–Crippen LogP) is -0.217. The second kappa shape index (κ2) is 6.64. The first-order valence-electron chi connectivity index (χ1n) is 3.18. The fraction of sp³-hybridized carbons (Fsp3) is 0.800. The van der Waals surface area contributed by atoms with E-state index in [1.165, 1.54) is 0 Å². The minimum absolute atomic E-state index is 0.263. The molecule has 0 aliphatic carbocycles. The van der Waals surface area contributed by atoms with Crippen molar-refractivity contribution in [2.24, 2.45) is 16.5 Å². The molecule has 0 saturated carbocycles. The molecular formula is C5H13ClN4. The molecule has 60 valence electrons. The molecule has 10 heavy (non-hydrogen) atoms. The van der Waals surface area contributed by atoms with Crippen molar-refractivity contribution >= 4 is 17.7 Å². The Balaban J connectivity index is 3.16. The van der Waals surface area contributed by atoms with Crippen LogP contribution >= 0.6 is 11.8 Å². The summed E-state index contributed by atoms with van der Waals surface area (Å²) in [5.74, 6) is 0.263. The highest BCUT2D eigenvalue weighted by atomic mass is 35.5. The van der Waals surface area contributed by atoms with Crippen molar-refractivity contribution < 1.29 is 0 Å². The molecule has 0 aliphatic rings. The zero-order valence-corrected chi connectivity index (χ0v) is 6.56. The Morgan fingerprint density at radius 3 is 2.70 bits per heavy atom. The number of aliphatic imine (C=N–C) groups is 1. The number of nitrogens with zero attached hydrogens (tertiary/aromatic N) is 1. The highest BCUT2D eigenvalue weighted by molar-refractivity contribution is 6.21. The smallest absolute Gasteiger partial charge is 0.203 e. The molecule has 0 fully saturated rings. The van der Waals surface area contributed by atoms with E-state index in [1.54, 1.807) is 0 Å². The fourth-order valence-corrected chi connectivity index (χ4v) is 0.545. The highest BCUT2D eigenvalue weighted by Crippen LogP contribution is 1.85. The van der Waals surface area contributed by atoms with Gasteiger partial charge in [-0.15, -0.1) is 0 Å². The molecule has 0 saturated heterocycles. The van der Waals surface area contributed by atoms with Crippen molar-refractivity contribution in [3.8, 4) is 0 Å². The van der Waals surface area contributed by atoms with Crippen LogP contribution in [0.5, 0.6) is 0 Å². The van der Waals surface area contributed by atoms with Gasteiger partial charge >= 0.3 is 0 Å². The van der Waals surface area contributed by atoms with E-state index in [-0.39, 0.29) is 5.96 Å². The molecule has 0 bridgehead atoms. The molecule has 5 heteroatoms. The summed E-state index contributed by atoms with van der Waals surface area (Å²) in [4.78, 5) is 6.09. The molecule has 4 nitrogen and oxygen atoms in total. The molecule has 0 aromatic rings. The van der Waals surface area contributed by atoms with Crippen molar-refractivity contribution in [3.63, 3.8) is 0 Å². The Morgan fingerprint density at radius 1 is 1.50 bits per heavy atom. The third kappa shape index (κ3) is 5.65. The lowest BCUT2D eigenvalue weighted by Gasteiger charge is -1.95. The van der Waals surface area contributed by atoms with Gasteiger partial charge in [-0.1, -0.05) is 0 Å². The molecule has 0 heterocycles. The molecule has 0 atom stereocenters. The number of rotatable bonds is 4. The second-order valence-electron chi connectivity index (χ2n) is 1.86. The minimum Gasteiger partial charge on any atom is -0.369 e. The summed E-state index contributed by atoms with van der Waals surface area (Å²) in [6.07, 6.45) is 1.93. The highest BCUT2D eigenvalue weighted by Gasteiger charge is 1.85. The Bertz CT molecular complexity index is 104. The number of hydrogen-bond donors (Lipinski definition) is 3. The third-order valence-corrected chi connectivity index (χ3v) is 1.18. The number of unbranched alkanes of at least 4 members (excludes halogenated alkanes) is 1. The molecule has 0 amide bonds. The van der Waals surface area contributed by atoms with Crippen LogP contribution in [0.25, 0.3) is 0 Å². The third-order valence-electron chi connectivity index (χ3n) is 0.991. The summed E-state index contributed by atoms with van der Waals surface area (Å²) in [5.41, 5.74) is 10.5. The van der Waals surface area contributed by atoms with Crippen LogP contribution in [0.4, 0.5) is 0 Å². The van der Waals surface area contributed by atoms with Crippen LogP contribution in [0.2, 0.25) is 0 Å². The Labute approximate surface area is 65.7 Å². The van der Waals surface area contributed by atoms with E-state index in [9.17, 15) is 0 Å². The predicted molar refractivity (Wildman–Crippen MR) is 43.8 cm³/mol. The first kappa shape index (κ1) is 9.52. The SMILES string of the molecule is NCCCC/N=C(/N)NCl. The number of hydrogen-bond acceptors (Lipinski definition) is 2. The van der Waals surface area contributed by atoms with Crippen LogP contribution < -0.4 is 16.3 Å². The van der Waals surface area contributed by atoms with Gasteiger partial charge < -0.3 is 11.5 Å². The average molecular weight is 165 g/mol. The van der Waals surface area contributed by atoms with Crippen LogP contribution in [-0.2, 0) is 0 Å². The van der Waals surface area contributed by atoms with Gasteiger partial charge in [0, 0.05) is 18.3 Å². The van der Waals surface area contributed by atoms with Crippen molar-refractivity contribution in [2.75, 3.05) is 13.1 Å². The molecule has 0 unspecified atom stereocenters. The van der Waals surface area contributed by atoms with E-state index in [2.05, 4.69) is 9.83 Å². The van der Waals surface area contributed by atoms with Crippen molar-refractivity contribution in [3.05, 3.63) is 0 Å². The largest absolute Gasteiger partial charge is 0.369 e. The lowest BCUT2D eigenvalue weighted by molar-refractivity contribution is 0.754. The quantitative estimate of drug-likeness (QED) is 0.233. The van der Waals surface area contributed by atoms with Gasteiger partial charge in [0.1, 0.15) is 0 Å². The number of guanidine groups is 1. The van der Waals surface area contributed by atoms with Crippen molar-refractivity contribution in [1.29, 1.82) is 0 Å². The van der Waals surface area contributed by atoms with Gasteiger partial charge in [0.2, 0.25) is 5.96 Å². The Morgan fingerprint density at radius 2 is 2.20 bits per heavy atom. The van der Waals surface area contributed by atoms with Gasteiger partial charge in [0.15, 0.2) is 0 Å². The van der Waals surface area contributed by atoms with Gasteiger partial charge in [-0.25, -0.2) is 0 Å². The summed E-state index contributed by atoms with van der Waals surface area (Å²) in [6.45, 7) is 1.38. The lowest BCUT2D eigenvalue weighted by atomic mass is 10.3. The van der Waals surface area contributed by atoms with Crippen LogP contribution in [0.15, 0.2) is 4.99 Å². The normalized spacial score (nSPS) is 11.6. The molecule has 0 aromatic heterocycles. The number of halogens is 1. The number of nitrogens with two attached hydrogens (primary N) is 2. The molecule has 0 radical (unpaired) electrons. The summed E-state index contributed by atoms with van der Waals surface area (Å²) in [7, 11) is 0. The zero-order valence-electron chi connectivity index (χ0n) is 5.81. The van der Waals surface area contributed by atoms with E-state index in [0.29, 0.717) is 13.1 Å². The Hall–Kier alpha value is -0.480. The molecule has 5 N–H and O–H groups in total. The second-order valence-corrected chi connectivity index (χ2v) is 2.05. The van der Waals surface area contributed by atoms with E-state index in [4.69, 9.17) is 23.2 Å². The summed E-state index contributed by atoms with van der Waals surface area (Å²) < 4.78 is 0. The van der Waals surface area contributed by atoms with Gasteiger partial charge in [-0.3, -0.25) is 9.83 Å². The molecule has 0 spiro atoms. The summed E-state index contributed by atoms with van der Waals surface area (Å²) in [5, 5.41) is 0. The van der Waals surface area contributed by atoms with Crippen molar-refractivity contribution in [2.45, 2.75) is 12.8 Å². The van der Waals surface area contributed by atoms with E-state index in [0.717, 1.165) is 12.8 Å². The maximum atomic E-state index is 5.26. The topological polar surface area (TPSA) is 76.4 Å². The van der Waals surface area contributed by atoms with Crippen molar-refractivity contribution in [1.82, 2.24) is 4.84 Å². The first-order valence-corrected chi connectivity index (χ1v) is 3.55. The average Bonchev–Trinajstić information content (AvgIpc) is 1.98. The minimum atomic E-state index is 0.263. The van der Waals surface area contributed by atoms with E-state index in [1.807, 2.05) is 0 Å². The number of nitrogens with one attached hydrogen (secondary N) is 1. The standard InChI is InChI=1S/C5H13ClN4/c6-10-5(8)9-4-2-1-3-7/h1-4,7H2,(H3,8,9,10). The van der Waals surface area contributed by atoms with E-state index < -0.39 is 0 Å². The maximum absolute atomic E-state index is 5.26. The zero-order chi connectivity index (χ0) is 7.82.